The molecule has 10 nitrogen and oxygen atoms in total. The van der Waals surface area contributed by atoms with Crippen LogP contribution in [0.1, 0.15) is 43.5 Å². The lowest BCUT2D eigenvalue weighted by Crippen LogP contribution is -2.30. The lowest BCUT2D eigenvalue weighted by Gasteiger charge is -2.23. The number of esters is 1. The first-order valence-corrected chi connectivity index (χ1v) is 11.0. The van der Waals surface area contributed by atoms with Crippen LogP contribution in [0, 0.1) is 12.3 Å². The molecule has 1 aromatic carbocycles. The molecule has 12 heteroatoms. The summed E-state index contributed by atoms with van der Waals surface area (Å²) >= 11 is 7.19. The number of halogens is 1. The molecule has 2 rings (SSSR count). The van der Waals surface area contributed by atoms with Crippen molar-refractivity contribution in [3.8, 4) is 5.75 Å². The Morgan fingerprint density at radius 2 is 1.82 bits per heavy atom. The summed E-state index contributed by atoms with van der Waals surface area (Å²) in [6, 6.07) is 7.07. The number of aromatic nitrogens is 1. The monoisotopic (exact) mass is 512 g/mol. The maximum Gasteiger partial charge on any atom is 0.373 e. The van der Waals surface area contributed by atoms with E-state index in [0.717, 1.165) is 16.9 Å². The van der Waals surface area contributed by atoms with Gasteiger partial charge in [0.05, 0.1) is 12.1 Å². The maximum atomic E-state index is 12.7. The molecule has 1 aromatic heterocycles. The molecule has 34 heavy (non-hydrogen) atoms. The van der Waals surface area contributed by atoms with Crippen molar-refractivity contribution in [1.82, 2.24) is 4.98 Å². The lowest BCUT2D eigenvalue weighted by molar-refractivity contribution is -0.191. The van der Waals surface area contributed by atoms with Gasteiger partial charge in [-0.1, -0.05) is 49.7 Å². The lowest BCUT2D eigenvalue weighted by atomic mass is 9.89. The van der Waals surface area contributed by atoms with Crippen LogP contribution in [0.2, 0.25) is 4.34 Å². The van der Waals surface area contributed by atoms with Gasteiger partial charge in [0.25, 0.3) is 0 Å². The van der Waals surface area contributed by atoms with E-state index in [2.05, 4.69) is 10.1 Å². The summed E-state index contributed by atoms with van der Waals surface area (Å²) < 4.78 is 10.7. The number of benzene rings is 1. The molecule has 0 fully saturated rings. The van der Waals surface area contributed by atoms with Crippen molar-refractivity contribution in [2.75, 3.05) is 7.11 Å². The third-order valence-corrected chi connectivity index (χ3v) is 5.16. The third-order valence-electron chi connectivity index (χ3n) is 3.99. The Balaban J connectivity index is 0.00000182. The van der Waals surface area contributed by atoms with Gasteiger partial charge in [0.1, 0.15) is 22.4 Å². The molecule has 184 valence electrons. The van der Waals surface area contributed by atoms with Crippen LogP contribution in [0.5, 0.6) is 5.75 Å². The average Bonchev–Trinajstić information content (AvgIpc) is 3.08. The first kappa shape index (κ1) is 28.8. The molecule has 0 aliphatic rings. The third kappa shape index (κ3) is 9.70. The van der Waals surface area contributed by atoms with Crippen molar-refractivity contribution in [3.05, 3.63) is 44.9 Å². The normalized spacial score (nSPS) is 12.0. The molecule has 0 bridgehead atoms. The first-order chi connectivity index (χ1) is 15.9. The number of aliphatic carboxylic acids is 1. The summed E-state index contributed by atoms with van der Waals surface area (Å²) in [6.07, 6.45) is -0.597. The zero-order chi connectivity index (χ0) is 25.9. The fraction of sp³-hybridized carbons (Fsp3) is 0.409. The number of carboxylic acid groups (broad SMARTS) is 1. The number of aryl methyl sites for hydroxylation is 1. The second-order valence-electron chi connectivity index (χ2n) is 8.00. The largest absolute Gasteiger partial charge is 0.497 e. The molecule has 1 atom stereocenters. The second kappa shape index (κ2) is 13.4. The summed E-state index contributed by atoms with van der Waals surface area (Å²) in [5, 5.41) is 13.8. The number of thiazole rings is 1. The zero-order valence-electron chi connectivity index (χ0n) is 19.3. The van der Waals surface area contributed by atoms with Gasteiger partial charge in [0, 0.05) is 6.42 Å². The van der Waals surface area contributed by atoms with E-state index in [4.69, 9.17) is 35.5 Å². The van der Waals surface area contributed by atoms with Gasteiger partial charge >= 0.3 is 18.1 Å². The van der Waals surface area contributed by atoms with Gasteiger partial charge in [-0.25, -0.2) is 14.6 Å². The maximum absolute atomic E-state index is 12.7. The fourth-order valence-corrected chi connectivity index (χ4v) is 3.64. The highest BCUT2D eigenvalue weighted by molar-refractivity contribution is 7.16. The number of ether oxygens (including phenoxy) is 2. The predicted molar refractivity (Wildman–Crippen MR) is 123 cm³/mol. The Morgan fingerprint density at radius 3 is 2.26 bits per heavy atom. The van der Waals surface area contributed by atoms with E-state index in [9.17, 15) is 14.7 Å². The van der Waals surface area contributed by atoms with Crippen molar-refractivity contribution >= 4 is 46.7 Å². The summed E-state index contributed by atoms with van der Waals surface area (Å²) in [5.74, 6) is -1.33. The average molecular weight is 513 g/mol. The van der Waals surface area contributed by atoms with Crippen molar-refractivity contribution < 1.29 is 38.6 Å². The number of oxime groups is 1. The van der Waals surface area contributed by atoms with Crippen molar-refractivity contribution in [2.45, 2.75) is 46.8 Å². The van der Waals surface area contributed by atoms with Gasteiger partial charge in [-0.2, -0.15) is 9.59 Å². The summed E-state index contributed by atoms with van der Waals surface area (Å²) in [4.78, 5) is 50.0. The van der Waals surface area contributed by atoms with Crippen LogP contribution < -0.4 is 4.74 Å². The molecule has 0 aliphatic carbocycles. The van der Waals surface area contributed by atoms with Crippen LogP contribution in [0.3, 0.4) is 0 Å². The molecule has 0 saturated heterocycles. The number of rotatable bonds is 9. The molecule has 0 radical (unpaired) electrons. The quantitative estimate of drug-likeness (QED) is 0.301. The molecular formula is C22H25ClN2O8S. The molecule has 0 aliphatic heterocycles. The van der Waals surface area contributed by atoms with Crippen LogP contribution in [-0.4, -0.2) is 47.1 Å². The van der Waals surface area contributed by atoms with Gasteiger partial charge in [0.2, 0.25) is 11.8 Å². The van der Waals surface area contributed by atoms with E-state index in [-0.39, 0.29) is 34.6 Å². The van der Waals surface area contributed by atoms with Gasteiger partial charge in [-0.3, -0.25) is 0 Å². The Kier molecular flexibility index (Phi) is 11.4. The number of carbonyl (C=O) groups excluding carboxylic acids is 3. The minimum Gasteiger partial charge on any atom is -0.497 e. The molecule has 0 unspecified atom stereocenters. The molecule has 2 aromatic rings. The van der Waals surface area contributed by atoms with E-state index in [0.29, 0.717) is 10.8 Å². The van der Waals surface area contributed by atoms with Gasteiger partial charge in [0.15, 0.2) is 0 Å². The highest BCUT2D eigenvalue weighted by Gasteiger charge is 2.30. The molecule has 0 amide bonds. The number of methoxy groups -OCH3 is 1. The number of carbonyl (C=O) groups is 2. The number of nitrogens with zero attached hydrogens (tertiary/aromatic N) is 2. The highest BCUT2D eigenvalue weighted by atomic mass is 35.5. The zero-order valence-corrected chi connectivity index (χ0v) is 20.9. The Bertz CT molecular complexity index is 1040. The number of hydrogen-bond donors (Lipinski definition) is 1. The minimum atomic E-state index is -1.37. The van der Waals surface area contributed by atoms with Gasteiger partial charge in [-0.15, -0.1) is 11.3 Å². The summed E-state index contributed by atoms with van der Waals surface area (Å²) in [7, 11) is 1.56. The van der Waals surface area contributed by atoms with Gasteiger partial charge < -0.3 is 19.4 Å². The van der Waals surface area contributed by atoms with E-state index in [1.54, 1.807) is 38.3 Å². The minimum absolute atomic E-state index is 0.00206. The van der Waals surface area contributed by atoms with Crippen LogP contribution in [0.4, 0.5) is 0 Å². The van der Waals surface area contributed by atoms with Crippen molar-refractivity contribution in [1.29, 1.82) is 0 Å². The predicted octanol–water partition coefficient (Wildman–Crippen LogP) is 3.88. The highest BCUT2D eigenvalue weighted by Crippen LogP contribution is 2.26. The van der Waals surface area contributed by atoms with Crippen molar-refractivity contribution in [2.24, 2.45) is 10.6 Å². The topological polar surface area (TPSA) is 141 Å². The summed E-state index contributed by atoms with van der Waals surface area (Å²) in [6.45, 7) is 7.48. The molecule has 0 saturated carbocycles. The standard InChI is InChI=1S/C21H25ClN2O6S.CO2/c1-12-23-16(18(22)31-12)17(19(25)26)24-30-15(10-21(2,3)4)20(27)29-11-13-6-8-14(28-5)9-7-13;2-1-3/h6-9,15H,10-11H2,1-5H3,(H,25,26);/b24-17-;/t15-;/m0./s1. The van der Waals surface area contributed by atoms with Crippen LogP contribution in [0.25, 0.3) is 0 Å². The Hall–Kier alpha value is -3.27. The molecule has 1 N–H and O–H groups in total. The van der Waals surface area contributed by atoms with Crippen molar-refractivity contribution in [3.63, 3.8) is 0 Å². The molecule has 0 spiro atoms. The number of carboxylic acids is 1. The second-order valence-corrected chi connectivity index (χ2v) is 9.80. The van der Waals surface area contributed by atoms with E-state index in [1.165, 1.54) is 0 Å². The van der Waals surface area contributed by atoms with Gasteiger partial charge in [-0.05, 0) is 30.0 Å². The van der Waals surface area contributed by atoms with E-state index in [1.807, 2.05) is 20.8 Å². The molecular weight excluding hydrogens is 488 g/mol. The Labute approximate surface area is 205 Å². The Morgan fingerprint density at radius 1 is 1.24 bits per heavy atom. The number of hydrogen-bond acceptors (Lipinski definition) is 10. The molecule has 1 heterocycles. The SMILES string of the molecule is COc1ccc(COC(=O)[C@H](CC(C)(C)C)O/N=C(\C(=O)O)c2nc(C)sc2Cl)cc1.O=C=O. The van der Waals surface area contributed by atoms with Crippen LogP contribution >= 0.6 is 22.9 Å². The smallest absolute Gasteiger partial charge is 0.373 e. The van der Waals surface area contributed by atoms with Crippen LogP contribution in [-0.2, 0) is 35.4 Å². The van der Waals surface area contributed by atoms with Crippen LogP contribution in [0.15, 0.2) is 29.4 Å². The van der Waals surface area contributed by atoms with E-state index >= 15 is 0 Å². The summed E-state index contributed by atoms with van der Waals surface area (Å²) in [5.41, 5.74) is -0.0190. The van der Waals surface area contributed by atoms with E-state index < -0.39 is 23.8 Å². The fourth-order valence-electron chi connectivity index (χ4n) is 2.54. The first-order valence-electron chi connectivity index (χ1n) is 9.81.